The second kappa shape index (κ2) is 6.40. The van der Waals surface area contributed by atoms with Crippen molar-refractivity contribution in [3.63, 3.8) is 0 Å². The molecule has 1 saturated carbocycles. The van der Waals surface area contributed by atoms with Gasteiger partial charge in [0.15, 0.2) is 0 Å². The van der Waals surface area contributed by atoms with Crippen LogP contribution in [0.2, 0.25) is 0 Å². The fourth-order valence-electron chi connectivity index (χ4n) is 2.04. The van der Waals surface area contributed by atoms with Crippen LogP contribution in [0.1, 0.15) is 32.3 Å². The lowest BCUT2D eigenvalue weighted by Gasteiger charge is -2.15. The van der Waals surface area contributed by atoms with Crippen molar-refractivity contribution >= 4 is 31.9 Å². The van der Waals surface area contributed by atoms with Crippen LogP contribution in [-0.4, -0.2) is 12.6 Å². The Morgan fingerprint density at radius 1 is 1.33 bits per heavy atom. The predicted octanol–water partition coefficient (Wildman–Crippen LogP) is 4.50. The van der Waals surface area contributed by atoms with Crippen LogP contribution in [0.5, 0.6) is 5.75 Å². The number of ether oxygens (including phenoxy) is 1. The lowest BCUT2D eigenvalue weighted by Crippen LogP contribution is -2.27. The molecular formula is C14H19Br2NO. The van der Waals surface area contributed by atoms with Gasteiger partial charge in [-0.15, -0.1) is 0 Å². The molecule has 0 bridgehead atoms. The molecule has 2 nitrogen and oxygen atoms in total. The molecule has 0 amide bonds. The fourth-order valence-corrected chi connectivity index (χ4v) is 3.55. The summed E-state index contributed by atoms with van der Waals surface area (Å²) in [5, 5.41) is 3.58. The van der Waals surface area contributed by atoms with E-state index in [0.717, 1.165) is 27.2 Å². The van der Waals surface area contributed by atoms with E-state index in [9.17, 15) is 0 Å². The Morgan fingerprint density at radius 2 is 1.94 bits per heavy atom. The number of halogens is 2. The molecule has 1 fully saturated rings. The number of hydrogen-bond acceptors (Lipinski definition) is 2. The van der Waals surface area contributed by atoms with Gasteiger partial charge in [-0.2, -0.15) is 0 Å². The van der Waals surface area contributed by atoms with Crippen LogP contribution in [0.15, 0.2) is 21.1 Å². The first-order chi connectivity index (χ1) is 8.61. The molecular weight excluding hydrogens is 358 g/mol. The largest absolute Gasteiger partial charge is 0.492 e. The number of nitrogens with one attached hydrogen (secondary N) is 1. The maximum Gasteiger partial charge on any atom is 0.147 e. The highest BCUT2D eigenvalue weighted by Gasteiger charge is 2.27. The zero-order valence-electron chi connectivity index (χ0n) is 10.8. The molecule has 4 heteroatoms. The first-order valence-electron chi connectivity index (χ1n) is 6.46. The third kappa shape index (κ3) is 3.72. The van der Waals surface area contributed by atoms with Crippen molar-refractivity contribution in [3.8, 4) is 5.75 Å². The van der Waals surface area contributed by atoms with Gasteiger partial charge >= 0.3 is 0 Å². The van der Waals surface area contributed by atoms with Crippen LogP contribution in [0.25, 0.3) is 0 Å². The molecule has 1 atom stereocenters. The fraction of sp³-hybridized carbons (Fsp3) is 0.571. The summed E-state index contributed by atoms with van der Waals surface area (Å²) in [6.07, 6.45) is 2.76. The molecule has 0 spiro atoms. The highest BCUT2D eigenvalue weighted by molar-refractivity contribution is 9.11. The Balaban J connectivity index is 2.00. The molecule has 1 aliphatic rings. The van der Waals surface area contributed by atoms with Gasteiger partial charge in [0.1, 0.15) is 5.75 Å². The molecule has 1 aromatic carbocycles. The highest BCUT2D eigenvalue weighted by Crippen LogP contribution is 2.35. The van der Waals surface area contributed by atoms with E-state index in [1.165, 1.54) is 18.4 Å². The van der Waals surface area contributed by atoms with Gasteiger partial charge in [0.05, 0.1) is 15.6 Å². The smallest absolute Gasteiger partial charge is 0.147 e. The first-order valence-corrected chi connectivity index (χ1v) is 8.04. The summed E-state index contributed by atoms with van der Waals surface area (Å²) in [4.78, 5) is 0. The summed E-state index contributed by atoms with van der Waals surface area (Å²) >= 11 is 7.13. The van der Waals surface area contributed by atoms with Gasteiger partial charge in [-0.3, -0.25) is 0 Å². The number of benzene rings is 1. The van der Waals surface area contributed by atoms with Crippen molar-refractivity contribution in [2.45, 2.75) is 39.3 Å². The van der Waals surface area contributed by atoms with Gasteiger partial charge in [-0.25, -0.2) is 0 Å². The van der Waals surface area contributed by atoms with Gasteiger partial charge < -0.3 is 10.1 Å². The Kier molecular flexibility index (Phi) is 5.10. The molecule has 0 heterocycles. The molecule has 0 aromatic heterocycles. The molecule has 18 heavy (non-hydrogen) atoms. The SMILES string of the molecule is CCOc1c(Br)cc(CNC(C)C2CC2)cc1Br. The van der Waals surface area contributed by atoms with E-state index in [1.54, 1.807) is 0 Å². The van der Waals surface area contributed by atoms with Crippen LogP contribution in [0.4, 0.5) is 0 Å². The van der Waals surface area contributed by atoms with E-state index >= 15 is 0 Å². The van der Waals surface area contributed by atoms with E-state index in [2.05, 4.69) is 56.2 Å². The molecule has 1 N–H and O–H groups in total. The topological polar surface area (TPSA) is 21.3 Å². The minimum absolute atomic E-state index is 0.620. The summed E-state index contributed by atoms with van der Waals surface area (Å²) in [7, 11) is 0. The van der Waals surface area contributed by atoms with Crippen molar-refractivity contribution in [1.82, 2.24) is 5.32 Å². The summed E-state index contributed by atoms with van der Waals surface area (Å²) in [6, 6.07) is 4.87. The zero-order chi connectivity index (χ0) is 13.1. The second-order valence-electron chi connectivity index (χ2n) is 4.83. The summed E-state index contributed by atoms with van der Waals surface area (Å²) in [6.45, 7) is 5.84. The maximum atomic E-state index is 5.58. The molecule has 2 rings (SSSR count). The van der Waals surface area contributed by atoms with Gasteiger partial charge in [0.25, 0.3) is 0 Å². The van der Waals surface area contributed by atoms with E-state index in [0.29, 0.717) is 12.6 Å². The molecule has 1 aromatic rings. The monoisotopic (exact) mass is 375 g/mol. The van der Waals surface area contributed by atoms with E-state index < -0.39 is 0 Å². The lowest BCUT2D eigenvalue weighted by atomic mass is 10.1. The molecule has 100 valence electrons. The molecule has 1 aliphatic carbocycles. The van der Waals surface area contributed by atoms with Crippen LogP contribution in [-0.2, 0) is 6.54 Å². The van der Waals surface area contributed by atoms with Gasteiger partial charge in [-0.05, 0) is 82.2 Å². The van der Waals surface area contributed by atoms with Gasteiger partial charge in [-0.1, -0.05) is 0 Å². The third-order valence-electron chi connectivity index (χ3n) is 3.30. The van der Waals surface area contributed by atoms with Crippen molar-refractivity contribution in [1.29, 1.82) is 0 Å². The summed E-state index contributed by atoms with van der Waals surface area (Å²) < 4.78 is 7.60. The Hall–Kier alpha value is -0.0600. The predicted molar refractivity (Wildman–Crippen MR) is 82.0 cm³/mol. The normalized spacial score (nSPS) is 16.7. The van der Waals surface area contributed by atoms with E-state index in [-0.39, 0.29) is 0 Å². The third-order valence-corrected chi connectivity index (χ3v) is 4.48. The number of rotatable bonds is 6. The average Bonchev–Trinajstić information content (AvgIpc) is 3.15. The quantitative estimate of drug-likeness (QED) is 0.789. The second-order valence-corrected chi connectivity index (χ2v) is 6.54. The Bertz CT molecular complexity index is 395. The standard InChI is InChI=1S/C14H19Br2NO/c1-3-18-14-12(15)6-10(7-13(14)16)8-17-9(2)11-4-5-11/h6-7,9,11,17H,3-5,8H2,1-2H3. The van der Waals surface area contributed by atoms with Crippen LogP contribution >= 0.6 is 31.9 Å². The van der Waals surface area contributed by atoms with Crippen LogP contribution < -0.4 is 10.1 Å². The first kappa shape index (κ1) is 14.4. The molecule has 0 radical (unpaired) electrons. The highest BCUT2D eigenvalue weighted by atomic mass is 79.9. The van der Waals surface area contributed by atoms with Crippen molar-refractivity contribution in [2.24, 2.45) is 5.92 Å². The van der Waals surface area contributed by atoms with Gasteiger partial charge in [0, 0.05) is 12.6 Å². The average molecular weight is 377 g/mol. The van der Waals surface area contributed by atoms with Crippen molar-refractivity contribution < 1.29 is 4.74 Å². The van der Waals surface area contributed by atoms with Crippen LogP contribution in [0, 0.1) is 5.92 Å². The maximum absolute atomic E-state index is 5.58. The molecule has 0 aliphatic heterocycles. The minimum atomic E-state index is 0.620. The summed E-state index contributed by atoms with van der Waals surface area (Å²) in [5.74, 6) is 1.77. The molecule has 0 saturated heterocycles. The van der Waals surface area contributed by atoms with Crippen molar-refractivity contribution in [3.05, 3.63) is 26.6 Å². The van der Waals surface area contributed by atoms with E-state index in [4.69, 9.17) is 4.74 Å². The number of hydrogen-bond donors (Lipinski definition) is 1. The minimum Gasteiger partial charge on any atom is -0.492 e. The lowest BCUT2D eigenvalue weighted by molar-refractivity contribution is 0.336. The summed E-state index contributed by atoms with van der Waals surface area (Å²) in [5.41, 5.74) is 1.27. The Morgan fingerprint density at radius 3 is 2.44 bits per heavy atom. The van der Waals surface area contributed by atoms with Crippen molar-refractivity contribution in [2.75, 3.05) is 6.61 Å². The Labute approximate surface area is 126 Å². The zero-order valence-corrected chi connectivity index (χ0v) is 14.0. The van der Waals surface area contributed by atoms with Crippen LogP contribution in [0.3, 0.4) is 0 Å². The van der Waals surface area contributed by atoms with Gasteiger partial charge in [0.2, 0.25) is 0 Å². The molecule has 1 unspecified atom stereocenters. The van der Waals surface area contributed by atoms with E-state index in [1.807, 2.05) is 6.92 Å².